The second-order valence-electron chi connectivity index (χ2n) is 5.03. The van der Waals surface area contributed by atoms with Gasteiger partial charge in [0.05, 0.1) is 32.9 Å². The van der Waals surface area contributed by atoms with Gasteiger partial charge in [-0.25, -0.2) is 5.43 Å². The molecular formula is C17H13N3O4S2. The van der Waals surface area contributed by atoms with Gasteiger partial charge in [-0.2, -0.15) is 5.10 Å². The predicted octanol–water partition coefficient (Wildman–Crippen LogP) is 4.31. The van der Waals surface area contributed by atoms with Crippen molar-refractivity contribution in [1.29, 1.82) is 0 Å². The fourth-order valence-electron chi connectivity index (χ4n) is 2.05. The van der Waals surface area contributed by atoms with Crippen LogP contribution in [0.4, 0.5) is 5.69 Å². The number of nitrogens with one attached hydrogen (secondary N) is 1. The van der Waals surface area contributed by atoms with Gasteiger partial charge in [0.15, 0.2) is 0 Å². The maximum atomic E-state index is 11.8. The lowest BCUT2D eigenvalue weighted by Crippen LogP contribution is -2.16. The van der Waals surface area contributed by atoms with Crippen molar-refractivity contribution in [2.45, 2.75) is 10.6 Å². The standard InChI is InChI=1S/C17H13N3O4S2/c21-17(16-4-2-8-25-16)19-18-10-12-5-6-15(14(9-12)20(22)23)26-11-13-3-1-7-24-13/h1-10H,11H2,(H,19,21). The molecule has 0 fully saturated rings. The van der Waals surface area contributed by atoms with Gasteiger partial charge < -0.3 is 4.42 Å². The molecule has 0 saturated carbocycles. The molecule has 1 aromatic carbocycles. The van der Waals surface area contributed by atoms with Gasteiger partial charge in [-0.05, 0) is 29.6 Å². The quantitative estimate of drug-likeness (QED) is 0.282. The number of hydrazone groups is 1. The van der Waals surface area contributed by atoms with E-state index in [0.717, 1.165) is 5.76 Å². The van der Waals surface area contributed by atoms with E-state index in [1.54, 1.807) is 42.0 Å². The molecule has 0 aliphatic heterocycles. The predicted molar refractivity (Wildman–Crippen MR) is 101 cm³/mol. The maximum Gasteiger partial charge on any atom is 0.283 e. The number of furan rings is 1. The second kappa shape index (κ2) is 8.45. The van der Waals surface area contributed by atoms with Crippen LogP contribution in [0.1, 0.15) is 21.0 Å². The summed E-state index contributed by atoms with van der Waals surface area (Å²) in [4.78, 5) is 23.8. The van der Waals surface area contributed by atoms with Gasteiger partial charge in [0.25, 0.3) is 11.6 Å². The van der Waals surface area contributed by atoms with Crippen LogP contribution in [-0.2, 0) is 5.75 Å². The van der Waals surface area contributed by atoms with Crippen LogP contribution < -0.4 is 5.43 Å². The molecule has 0 unspecified atom stereocenters. The van der Waals surface area contributed by atoms with E-state index < -0.39 is 4.92 Å². The molecular weight excluding hydrogens is 374 g/mol. The normalized spacial score (nSPS) is 10.9. The summed E-state index contributed by atoms with van der Waals surface area (Å²) in [6.07, 6.45) is 2.94. The van der Waals surface area contributed by atoms with Crippen LogP contribution in [0.2, 0.25) is 0 Å². The Labute approximate surface area is 156 Å². The first-order valence-electron chi connectivity index (χ1n) is 7.44. The number of amides is 1. The van der Waals surface area contributed by atoms with Crippen molar-refractivity contribution in [1.82, 2.24) is 5.43 Å². The first-order valence-corrected chi connectivity index (χ1v) is 9.30. The van der Waals surface area contributed by atoms with Gasteiger partial charge in [0, 0.05) is 11.6 Å². The van der Waals surface area contributed by atoms with Crippen LogP contribution >= 0.6 is 23.1 Å². The minimum absolute atomic E-state index is 0.0184. The van der Waals surface area contributed by atoms with E-state index >= 15 is 0 Å². The van der Waals surface area contributed by atoms with Crippen molar-refractivity contribution in [3.8, 4) is 0 Å². The Bertz CT molecular complexity index is 922. The van der Waals surface area contributed by atoms with Gasteiger partial charge in [0.1, 0.15) is 5.76 Å². The lowest BCUT2D eigenvalue weighted by molar-refractivity contribution is -0.387. The second-order valence-corrected chi connectivity index (χ2v) is 6.99. The lowest BCUT2D eigenvalue weighted by Gasteiger charge is -2.03. The van der Waals surface area contributed by atoms with Crippen molar-refractivity contribution in [3.63, 3.8) is 0 Å². The molecule has 0 spiro atoms. The topological polar surface area (TPSA) is 97.7 Å². The SMILES string of the molecule is O=C(NN=Cc1ccc(SCc2ccco2)c([N+](=O)[O-])c1)c1cccs1. The van der Waals surface area contributed by atoms with E-state index in [0.29, 0.717) is 21.1 Å². The molecule has 0 atom stereocenters. The molecule has 26 heavy (non-hydrogen) atoms. The van der Waals surface area contributed by atoms with E-state index in [2.05, 4.69) is 10.5 Å². The van der Waals surface area contributed by atoms with Crippen molar-refractivity contribution < 1.29 is 14.1 Å². The highest BCUT2D eigenvalue weighted by Gasteiger charge is 2.15. The molecule has 1 N–H and O–H groups in total. The average Bonchev–Trinajstić information content (AvgIpc) is 3.34. The van der Waals surface area contributed by atoms with Crippen LogP contribution in [-0.4, -0.2) is 17.0 Å². The summed E-state index contributed by atoms with van der Waals surface area (Å²) < 4.78 is 5.23. The van der Waals surface area contributed by atoms with E-state index in [9.17, 15) is 14.9 Å². The summed E-state index contributed by atoms with van der Waals surface area (Å²) in [5.74, 6) is 0.917. The Morgan fingerprint density at radius 1 is 1.35 bits per heavy atom. The number of rotatable bonds is 7. The first-order chi connectivity index (χ1) is 12.6. The summed E-state index contributed by atoms with van der Waals surface area (Å²) in [5.41, 5.74) is 2.89. The monoisotopic (exact) mass is 387 g/mol. The zero-order valence-electron chi connectivity index (χ0n) is 13.3. The third-order valence-corrected chi connectivity index (χ3v) is 5.21. The summed E-state index contributed by atoms with van der Waals surface area (Å²) in [5, 5.41) is 17.0. The smallest absolute Gasteiger partial charge is 0.283 e. The van der Waals surface area contributed by atoms with Crippen LogP contribution in [0.25, 0.3) is 0 Å². The number of nitro groups is 1. The van der Waals surface area contributed by atoms with Crippen molar-refractivity contribution in [3.05, 3.63) is 80.4 Å². The highest BCUT2D eigenvalue weighted by molar-refractivity contribution is 7.98. The molecule has 0 saturated heterocycles. The molecule has 0 radical (unpaired) electrons. The number of hydrogen-bond acceptors (Lipinski definition) is 7. The number of benzene rings is 1. The minimum Gasteiger partial charge on any atom is -0.468 e. The number of thioether (sulfide) groups is 1. The maximum absolute atomic E-state index is 11.8. The largest absolute Gasteiger partial charge is 0.468 e. The third kappa shape index (κ3) is 4.58. The fourth-order valence-corrected chi connectivity index (χ4v) is 3.57. The highest BCUT2D eigenvalue weighted by atomic mass is 32.2. The molecule has 2 heterocycles. The van der Waals surface area contributed by atoms with Crippen molar-refractivity contribution in [2.24, 2.45) is 5.10 Å². The number of carbonyl (C=O) groups excluding carboxylic acids is 1. The zero-order chi connectivity index (χ0) is 18.4. The van der Waals surface area contributed by atoms with Crippen LogP contribution in [0.15, 0.2) is 68.5 Å². The molecule has 1 amide bonds. The van der Waals surface area contributed by atoms with Crippen LogP contribution in [0.3, 0.4) is 0 Å². The molecule has 132 valence electrons. The Kier molecular flexibility index (Phi) is 5.82. The molecule has 7 nitrogen and oxygen atoms in total. The number of thiophene rings is 1. The number of nitro benzene ring substituents is 1. The van der Waals surface area contributed by atoms with Gasteiger partial charge in [0.2, 0.25) is 0 Å². The summed E-state index contributed by atoms with van der Waals surface area (Å²) in [6, 6.07) is 11.8. The van der Waals surface area contributed by atoms with Gasteiger partial charge in [-0.1, -0.05) is 12.1 Å². The van der Waals surface area contributed by atoms with Gasteiger partial charge in [-0.3, -0.25) is 14.9 Å². The van der Waals surface area contributed by atoms with Gasteiger partial charge in [-0.15, -0.1) is 23.1 Å². The molecule has 9 heteroatoms. The zero-order valence-corrected chi connectivity index (χ0v) is 15.0. The van der Waals surface area contributed by atoms with Crippen LogP contribution in [0, 0.1) is 10.1 Å². The number of nitrogens with zero attached hydrogens (tertiary/aromatic N) is 2. The molecule has 3 rings (SSSR count). The Hall–Kier alpha value is -2.91. The van der Waals surface area contributed by atoms with Crippen molar-refractivity contribution >= 4 is 40.9 Å². The van der Waals surface area contributed by atoms with Crippen LogP contribution in [0.5, 0.6) is 0 Å². The van der Waals surface area contributed by atoms with E-state index in [1.165, 1.54) is 35.4 Å². The third-order valence-electron chi connectivity index (χ3n) is 3.25. The fraction of sp³-hybridized carbons (Fsp3) is 0.0588. The molecule has 3 aromatic rings. The van der Waals surface area contributed by atoms with E-state index in [-0.39, 0.29) is 11.6 Å². The van der Waals surface area contributed by atoms with E-state index in [4.69, 9.17) is 4.42 Å². The Balaban J connectivity index is 1.68. The highest BCUT2D eigenvalue weighted by Crippen LogP contribution is 2.32. The van der Waals surface area contributed by atoms with Crippen molar-refractivity contribution in [2.75, 3.05) is 0 Å². The summed E-state index contributed by atoms with van der Waals surface area (Å²) >= 11 is 2.62. The number of hydrogen-bond donors (Lipinski definition) is 1. The van der Waals surface area contributed by atoms with Gasteiger partial charge >= 0.3 is 0 Å². The molecule has 0 aliphatic carbocycles. The molecule has 2 aromatic heterocycles. The Morgan fingerprint density at radius 2 is 2.23 bits per heavy atom. The average molecular weight is 387 g/mol. The lowest BCUT2D eigenvalue weighted by atomic mass is 10.2. The Morgan fingerprint density at radius 3 is 2.92 bits per heavy atom. The summed E-state index contributed by atoms with van der Waals surface area (Å²) in [7, 11) is 0. The first kappa shape index (κ1) is 17.9. The molecule has 0 aliphatic rings. The summed E-state index contributed by atoms with van der Waals surface area (Å²) in [6.45, 7) is 0. The van der Waals surface area contributed by atoms with E-state index in [1.807, 2.05) is 6.07 Å². The number of carbonyl (C=O) groups is 1. The molecule has 0 bridgehead atoms. The minimum atomic E-state index is -0.438.